The average Bonchev–Trinajstić information content (AvgIpc) is 3.40. The molecule has 0 unspecified atom stereocenters. The average molecular weight is 464 g/mol. The van der Waals surface area contributed by atoms with Gasteiger partial charge >= 0.3 is 0 Å². The molecule has 0 saturated carbocycles. The fourth-order valence-electron chi connectivity index (χ4n) is 3.62. The second-order valence-electron chi connectivity index (χ2n) is 7.41. The Hall–Kier alpha value is -3.56. The molecule has 9 heteroatoms. The number of carbonyl (C=O) groups excluding carboxylic acids is 1. The monoisotopic (exact) mass is 463 g/mol. The van der Waals surface area contributed by atoms with Gasteiger partial charge in [0.1, 0.15) is 5.75 Å². The van der Waals surface area contributed by atoms with Crippen molar-refractivity contribution in [1.29, 1.82) is 0 Å². The summed E-state index contributed by atoms with van der Waals surface area (Å²) in [7, 11) is 3.18. The molecule has 0 aliphatic heterocycles. The van der Waals surface area contributed by atoms with Gasteiger partial charge in [0.2, 0.25) is 0 Å². The van der Waals surface area contributed by atoms with Crippen molar-refractivity contribution in [2.45, 2.75) is 27.0 Å². The molecule has 0 saturated heterocycles. The van der Waals surface area contributed by atoms with Crippen molar-refractivity contribution in [3.05, 3.63) is 75.4 Å². The molecule has 4 rings (SSSR count). The molecule has 1 amide bonds. The number of ether oxygens (including phenoxy) is 2. The van der Waals surface area contributed by atoms with Gasteiger partial charge in [0.05, 0.1) is 36.9 Å². The minimum Gasteiger partial charge on any atom is -0.496 e. The lowest BCUT2D eigenvalue weighted by atomic mass is 10.2. The number of methoxy groups -OCH3 is 2. The number of benzene rings is 1. The van der Waals surface area contributed by atoms with Crippen LogP contribution in [0.25, 0.3) is 17.2 Å². The highest BCUT2D eigenvalue weighted by atomic mass is 32.1. The number of nitrogens with one attached hydrogen (secondary N) is 1. The van der Waals surface area contributed by atoms with Crippen LogP contribution in [0.1, 0.15) is 31.4 Å². The first-order valence-electron chi connectivity index (χ1n) is 10.4. The zero-order chi connectivity index (χ0) is 23.4. The smallest absolute Gasteiger partial charge is 0.255 e. The van der Waals surface area contributed by atoms with Gasteiger partial charge in [0, 0.05) is 40.7 Å². The maximum absolute atomic E-state index is 13.0. The largest absolute Gasteiger partial charge is 0.496 e. The van der Waals surface area contributed by atoms with Crippen LogP contribution in [-0.2, 0) is 17.9 Å². The van der Waals surface area contributed by atoms with Crippen molar-refractivity contribution in [3.8, 4) is 23.0 Å². The highest BCUT2D eigenvalue weighted by Gasteiger charge is 2.20. The van der Waals surface area contributed by atoms with Crippen LogP contribution in [0, 0.1) is 13.8 Å². The molecule has 0 aliphatic carbocycles. The number of carbonyl (C=O) groups is 1. The van der Waals surface area contributed by atoms with E-state index in [4.69, 9.17) is 14.5 Å². The zero-order valence-corrected chi connectivity index (χ0v) is 19.8. The van der Waals surface area contributed by atoms with Crippen LogP contribution in [0.5, 0.6) is 5.75 Å². The third-order valence-corrected chi connectivity index (χ3v) is 6.14. The summed E-state index contributed by atoms with van der Waals surface area (Å²) in [6.07, 6.45) is 3.21. The quantitative estimate of drug-likeness (QED) is 0.423. The normalized spacial score (nSPS) is 10.9. The minimum absolute atomic E-state index is 0.182. The van der Waals surface area contributed by atoms with E-state index >= 15 is 0 Å². The molecule has 4 aromatic rings. The Bertz CT molecular complexity index is 1280. The molecule has 0 aliphatic rings. The SMILES string of the molecule is COCc1c(C(=O)NCc2ccccc2OC)cnn1-c1nccc(-c2cc(C)sc2C)n1. The van der Waals surface area contributed by atoms with Gasteiger partial charge < -0.3 is 14.8 Å². The summed E-state index contributed by atoms with van der Waals surface area (Å²) < 4.78 is 12.3. The van der Waals surface area contributed by atoms with E-state index in [2.05, 4.69) is 35.3 Å². The number of nitrogens with zero attached hydrogens (tertiary/aromatic N) is 4. The Balaban J connectivity index is 1.62. The van der Waals surface area contributed by atoms with Crippen LogP contribution < -0.4 is 10.1 Å². The number of rotatable bonds is 8. The van der Waals surface area contributed by atoms with Crippen molar-refractivity contribution in [2.24, 2.45) is 0 Å². The van der Waals surface area contributed by atoms with Gasteiger partial charge in [-0.15, -0.1) is 11.3 Å². The third kappa shape index (κ3) is 4.79. The van der Waals surface area contributed by atoms with Crippen molar-refractivity contribution in [2.75, 3.05) is 14.2 Å². The fourth-order valence-corrected chi connectivity index (χ4v) is 4.55. The van der Waals surface area contributed by atoms with Crippen molar-refractivity contribution in [3.63, 3.8) is 0 Å². The number of thiophene rings is 1. The lowest BCUT2D eigenvalue weighted by Crippen LogP contribution is -2.24. The van der Waals surface area contributed by atoms with Crippen molar-refractivity contribution < 1.29 is 14.3 Å². The molecule has 1 N–H and O–H groups in total. The van der Waals surface area contributed by atoms with Gasteiger partial charge in [-0.2, -0.15) is 9.78 Å². The number of aromatic nitrogens is 4. The predicted molar refractivity (Wildman–Crippen MR) is 127 cm³/mol. The second kappa shape index (κ2) is 9.93. The summed E-state index contributed by atoms with van der Waals surface area (Å²) in [5, 5.41) is 7.34. The van der Waals surface area contributed by atoms with E-state index in [9.17, 15) is 4.79 Å². The number of aryl methyl sites for hydroxylation is 2. The topological polar surface area (TPSA) is 91.2 Å². The summed E-state index contributed by atoms with van der Waals surface area (Å²) >= 11 is 1.73. The van der Waals surface area contributed by atoms with E-state index in [-0.39, 0.29) is 12.5 Å². The summed E-state index contributed by atoms with van der Waals surface area (Å²) in [5.41, 5.74) is 3.74. The van der Waals surface area contributed by atoms with E-state index in [0.717, 1.165) is 22.6 Å². The molecule has 0 bridgehead atoms. The molecule has 0 fully saturated rings. The minimum atomic E-state index is -0.264. The molecule has 3 heterocycles. The second-order valence-corrected chi connectivity index (χ2v) is 8.87. The van der Waals surface area contributed by atoms with Crippen LogP contribution in [-0.4, -0.2) is 39.9 Å². The molecule has 33 heavy (non-hydrogen) atoms. The van der Waals surface area contributed by atoms with Crippen LogP contribution in [0.3, 0.4) is 0 Å². The predicted octanol–water partition coefficient (Wildman–Crippen LogP) is 4.09. The lowest BCUT2D eigenvalue weighted by Gasteiger charge is -2.11. The van der Waals surface area contributed by atoms with Crippen molar-refractivity contribution in [1.82, 2.24) is 25.1 Å². The Morgan fingerprint density at radius 2 is 2.00 bits per heavy atom. The van der Waals surface area contributed by atoms with Crippen LogP contribution >= 0.6 is 11.3 Å². The number of hydrogen-bond donors (Lipinski definition) is 1. The summed E-state index contributed by atoms with van der Waals surface area (Å²) in [6, 6.07) is 11.5. The van der Waals surface area contributed by atoms with Gasteiger partial charge in [0.15, 0.2) is 0 Å². The van der Waals surface area contributed by atoms with Crippen LogP contribution in [0.4, 0.5) is 0 Å². The molecule has 3 aromatic heterocycles. The van der Waals surface area contributed by atoms with Gasteiger partial charge in [-0.3, -0.25) is 4.79 Å². The molecule has 8 nitrogen and oxygen atoms in total. The Labute approximate surface area is 196 Å². The van der Waals surface area contributed by atoms with Crippen LogP contribution in [0.15, 0.2) is 48.8 Å². The Morgan fingerprint density at radius 3 is 2.73 bits per heavy atom. The van der Waals surface area contributed by atoms with Gasteiger partial charge in [-0.25, -0.2) is 9.97 Å². The van der Waals surface area contributed by atoms with Gasteiger partial charge in [-0.1, -0.05) is 18.2 Å². The molecule has 1 aromatic carbocycles. The van der Waals surface area contributed by atoms with E-state index < -0.39 is 0 Å². The first kappa shape index (κ1) is 22.6. The molecule has 0 radical (unpaired) electrons. The molecule has 0 spiro atoms. The molecule has 170 valence electrons. The van der Waals surface area contributed by atoms with E-state index in [0.29, 0.717) is 23.8 Å². The fraction of sp³-hybridized carbons (Fsp3) is 0.250. The first-order chi connectivity index (χ1) is 16.0. The van der Waals surface area contributed by atoms with E-state index in [1.807, 2.05) is 30.3 Å². The highest BCUT2D eigenvalue weighted by Crippen LogP contribution is 2.29. The number of para-hydroxylation sites is 1. The van der Waals surface area contributed by atoms with E-state index in [1.54, 1.807) is 36.4 Å². The first-order valence-corrected chi connectivity index (χ1v) is 11.2. The van der Waals surface area contributed by atoms with E-state index in [1.165, 1.54) is 16.0 Å². The summed E-state index contributed by atoms with van der Waals surface area (Å²) in [5.74, 6) is 0.834. The molecular formula is C24H25N5O3S. The number of hydrogen-bond acceptors (Lipinski definition) is 7. The van der Waals surface area contributed by atoms with Crippen molar-refractivity contribution >= 4 is 17.2 Å². The summed E-state index contributed by atoms with van der Waals surface area (Å²) in [6.45, 7) is 4.65. The zero-order valence-electron chi connectivity index (χ0n) is 19.0. The standard InChI is InChI=1S/C24H25N5O3S/c1-15-11-18(16(2)33-15)20-9-10-25-24(28-20)29-21(14-31-3)19(13-27-29)23(30)26-12-17-7-5-6-8-22(17)32-4/h5-11,13H,12,14H2,1-4H3,(H,26,30). The lowest BCUT2D eigenvalue weighted by molar-refractivity contribution is 0.0945. The Morgan fingerprint density at radius 1 is 1.18 bits per heavy atom. The molecular weight excluding hydrogens is 438 g/mol. The van der Waals surface area contributed by atoms with Gasteiger partial charge in [-0.05, 0) is 32.0 Å². The third-order valence-electron chi connectivity index (χ3n) is 5.18. The highest BCUT2D eigenvalue weighted by molar-refractivity contribution is 7.12. The Kier molecular flexibility index (Phi) is 6.81. The maximum atomic E-state index is 13.0. The number of amides is 1. The molecule has 0 atom stereocenters. The van der Waals surface area contributed by atoms with Gasteiger partial charge in [0.25, 0.3) is 11.9 Å². The van der Waals surface area contributed by atoms with Crippen LogP contribution in [0.2, 0.25) is 0 Å². The summed E-state index contributed by atoms with van der Waals surface area (Å²) in [4.78, 5) is 24.5. The maximum Gasteiger partial charge on any atom is 0.255 e.